The Bertz CT molecular complexity index is 798. The summed E-state index contributed by atoms with van der Waals surface area (Å²) in [4.78, 5) is 25.0. The molecule has 0 spiro atoms. The first-order valence-corrected chi connectivity index (χ1v) is 10.9. The van der Waals surface area contributed by atoms with E-state index in [0.29, 0.717) is 35.2 Å². The van der Waals surface area contributed by atoms with Crippen molar-refractivity contribution in [2.45, 2.75) is 51.3 Å². The fourth-order valence-electron chi connectivity index (χ4n) is 3.34. The molecule has 8 heteroatoms. The summed E-state index contributed by atoms with van der Waals surface area (Å²) < 4.78 is 0. The molecule has 150 valence electrons. The largest absolute Gasteiger partial charge is 0.368 e. The van der Waals surface area contributed by atoms with Crippen molar-refractivity contribution in [2.24, 2.45) is 5.92 Å². The third-order valence-electron chi connectivity index (χ3n) is 4.93. The van der Waals surface area contributed by atoms with Crippen LogP contribution in [0.5, 0.6) is 0 Å². The maximum atomic E-state index is 12.2. The van der Waals surface area contributed by atoms with Gasteiger partial charge in [0.1, 0.15) is 5.82 Å². The number of rotatable bonds is 7. The van der Waals surface area contributed by atoms with Gasteiger partial charge in [-0.3, -0.25) is 4.79 Å². The summed E-state index contributed by atoms with van der Waals surface area (Å²) in [6.45, 7) is 4.25. The minimum absolute atomic E-state index is 0.0729. The van der Waals surface area contributed by atoms with Crippen molar-refractivity contribution in [1.82, 2.24) is 20.3 Å². The number of carbonyl (C=O) groups is 1. The Balaban J connectivity index is 1.50. The third-order valence-corrected chi connectivity index (χ3v) is 5.86. The number of hydrogen-bond donors (Lipinski definition) is 3. The zero-order valence-electron chi connectivity index (χ0n) is 16.4. The van der Waals surface area contributed by atoms with Crippen LogP contribution in [-0.2, 0) is 10.5 Å². The molecule has 3 rings (SSSR count). The number of carbonyl (C=O) groups excluding carboxylic acids is 1. The second kappa shape index (κ2) is 9.73. The lowest BCUT2D eigenvalue weighted by molar-refractivity contribution is -0.119. The van der Waals surface area contributed by atoms with Crippen LogP contribution in [0.2, 0.25) is 0 Å². The molecule has 4 N–H and O–H groups in total. The molecular formula is C20H28N6OS. The first kappa shape index (κ1) is 20.4. The van der Waals surface area contributed by atoms with Crippen LogP contribution in [0.3, 0.4) is 0 Å². The van der Waals surface area contributed by atoms with Gasteiger partial charge in [0.15, 0.2) is 0 Å². The Morgan fingerprint density at radius 1 is 1.18 bits per heavy atom. The number of nitrogens with one attached hydrogen (secondary N) is 2. The molecular weight excluding hydrogens is 372 g/mol. The van der Waals surface area contributed by atoms with Gasteiger partial charge in [0.2, 0.25) is 17.8 Å². The highest BCUT2D eigenvalue weighted by atomic mass is 32.2. The minimum atomic E-state index is 0.0729. The lowest BCUT2D eigenvalue weighted by Crippen LogP contribution is -2.41. The topological polar surface area (TPSA) is 106 Å². The number of nitrogens with two attached hydrogens (primary N) is 1. The molecule has 1 saturated carbocycles. The molecule has 0 aliphatic heterocycles. The highest BCUT2D eigenvalue weighted by molar-refractivity contribution is 7.99. The first-order valence-electron chi connectivity index (χ1n) is 9.71. The van der Waals surface area contributed by atoms with Crippen LogP contribution < -0.4 is 16.4 Å². The average Bonchev–Trinajstić information content (AvgIpc) is 2.65. The normalized spacial score (nSPS) is 19.2. The van der Waals surface area contributed by atoms with Crippen LogP contribution in [0.25, 0.3) is 0 Å². The van der Waals surface area contributed by atoms with Crippen molar-refractivity contribution in [2.75, 3.05) is 16.8 Å². The Morgan fingerprint density at radius 2 is 1.93 bits per heavy atom. The summed E-state index contributed by atoms with van der Waals surface area (Å²) in [7, 11) is 0. The standard InChI is InChI=1S/C20H28N6OS/c1-13-7-9-15(10-8-13)22-20-25-17(24-19(21)26-20)11-28-12-18(27)23-16-6-4-3-5-14(16)2/h7-10,14,16H,3-6,11-12H2,1-2H3,(H,23,27)(H3,21,22,24,25,26)/t14-,16+/m0/s1. The van der Waals surface area contributed by atoms with Crippen molar-refractivity contribution in [3.8, 4) is 0 Å². The first-order chi connectivity index (χ1) is 13.5. The molecule has 1 amide bonds. The number of thioether (sulfide) groups is 1. The monoisotopic (exact) mass is 400 g/mol. The van der Waals surface area contributed by atoms with Crippen molar-refractivity contribution in [1.29, 1.82) is 0 Å². The summed E-state index contributed by atoms with van der Waals surface area (Å²) in [5.74, 6) is 2.66. The van der Waals surface area contributed by atoms with Gasteiger partial charge in [0, 0.05) is 11.7 Å². The molecule has 7 nitrogen and oxygen atoms in total. The molecule has 0 unspecified atom stereocenters. The molecule has 1 fully saturated rings. The highest BCUT2D eigenvalue weighted by Gasteiger charge is 2.22. The van der Waals surface area contributed by atoms with E-state index in [9.17, 15) is 4.79 Å². The van der Waals surface area contributed by atoms with Gasteiger partial charge in [-0.25, -0.2) is 0 Å². The smallest absolute Gasteiger partial charge is 0.232 e. The van der Waals surface area contributed by atoms with E-state index in [1.54, 1.807) is 0 Å². The van der Waals surface area contributed by atoms with E-state index in [0.717, 1.165) is 12.1 Å². The molecule has 1 aliphatic rings. The molecule has 28 heavy (non-hydrogen) atoms. The molecule has 0 radical (unpaired) electrons. The van der Waals surface area contributed by atoms with Gasteiger partial charge in [-0.15, -0.1) is 11.8 Å². The lowest BCUT2D eigenvalue weighted by atomic mass is 9.86. The predicted molar refractivity (Wildman–Crippen MR) is 114 cm³/mol. The second-order valence-corrected chi connectivity index (χ2v) is 8.34. The summed E-state index contributed by atoms with van der Waals surface area (Å²) in [6.07, 6.45) is 4.74. The van der Waals surface area contributed by atoms with Crippen LogP contribution in [0.4, 0.5) is 17.6 Å². The number of aryl methyl sites for hydroxylation is 1. The number of nitrogen functional groups attached to an aromatic ring is 1. The molecule has 1 aromatic carbocycles. The molecule has 2 atom stereocenters. The summed E-state index contributed by atoms with van der Waals surface area (Å²) in [5.41, 5.74) is 7.88. The highest BCUT2D eigenvalue weighted by Crippen LogP contribution is 2.24. The van der Waals surface area contributed by atoms with Gasteiger partial charge in [-0.05, 0) is 37.8 Å². The van der Waals surface area contributed by atoms with E-state index in [1.165, 1.54) is 36.6 Å². The molecule has 0 saturated heterocycles. The Hall–Kier alpha value is -2.35. The van der Waals surface area contributed by atoms with Crippen LogP contribution >= 0.6 is 11.8 Å². The van der Waals surface area contributed by atoms with Crippen molar-refractivity contribution >= 4 is 35.3 Å². The van der Waals surface area contributed by atoms with Crippen molar-refractivity contribution in [3.63, 3.8) is 0 Å². The van der Waals surface area contributed by atoms with E-state index >= 15 is 0 Å². The molecule has 1 aliphatic carbocycles. The molecule has 0 bridgehead atoms. The second-order valence-electron chi connectivity index (χ2n) is 7.35. The molecule has 1 heterocycles. The number of benzene rings is 1. The van der Waals surface area contributed by atoms with E-state index in [1.807, 2.05) is 31.2 Å². The van der Waals surface area contributed by atoms with E-state index in [4.69, 9.17) is 5.73 Å². The van der Waals surface area contributed by atoms with Crippen LogP contribution in [0, 0.1) is 12.8 Å². The van der Waals surface area contributed by atoms with Crippen molar-refractivity contribution in [3.05, 3.63) is 35.7 Å². The van der Waals surface area contributed by atoms with Crippen LogP contribution in [-0.4, -0.2) is 32.7 Å². The number of nitrogens with zero attached hydrogens (tertiary/aromatic N) is 3. The molecule has 2 aromatic rings. The van der Waals surface area contributed by atoms with Crippen molar-refractivity contribution < 1.29 is 4.79 Å². The Kier molecular flexibility index (Phi) is 7.08. The zero-order chi connectivity index (χ0) is 19.9. The minimum Gasteiger partial charge on any atom is -0.368 e. The fourth-order valence-corrected chi connectivity index (χ4v) is 4.02. The van der Waals surface area contributed by atoms with E-state index in [-0.39, 0.29) is 11.9 Å². The zero-order valence-corrected chi connectivity index (χ0v) is 17.3. The average molecular weight is 401 g/mol. The quantitative estimate of drug-likeness (QED) is 0.654. The van der Waals surface area contributed by atoms with Crippen LogP contribution in [0.15, 0.2) is 24.3 Å². The van der Waals surface area contributed by atoms with Gasteiger partial charge in [0.25, 0.3) is 0 Å². The Morgan fingerprint density at radius 3 is 2.68 bits per heavy atom. The fraction of sp³-hybridized carbons (Fsp3) is 0.500. The maximum Gasteiger partial charge on any atom is 0.232 e. The van der Waals surface area contributed by atoms with Gasteiger partial charge in [-0.1, -0.05) is 37.5 Å². The maximum absolute atomic E-state index is 12.2. The lowest BCUT2D eigenvalue weighted by Gasteiger charge is -2.29. The molecule has 1 aromatic heterocycles. The van der Waals surface area contributed by atoms with Gasteiger partial charge in [-0.2, -0.15) is 15.0 Å². The Labute approximate surface area is 170 Å². The summed E-state index contributed by atoms with van der Waals surface area (Å²) in [5, 5.41) is 6.30. The van der Waals surface area contributed by atoms with Gasteiger partial charge >= 0.3 is 0 Å². The third kappa shape index (κ3) is 6.09. The van der Waals surface area contributed by atoms with Crippen LogP contribution in [0.1, 0.15) is 44.0 Å². The number of aromatic nitrogens is 3. The van der Waals surface area contributed by atoms with Gasteiger partial charge in [0.05, 0.1) is 11.5 Å². The predicted octanol–water partition coefficient (Wildman–Crippen LogP) is 3.43. The van der Waals surface area contributed by atoms with E-state index < -0.39 is 0 Å². The van der Waals surface area contributed by atoms with Gasteiger partial charge < -0.3 is 16.4 Å². The summed E-state index contributed by atoms with van der Waals surface area (Å²) >= 11 is 1.48. The van der Waals surface area contributed by atoms with E-state index in [2.05, 4.69) is 32.5 Å². The number of anilines is 3. The number of amides is 1. The SMILES string of the molecule is Cc1ccc(Nc2nc(N)nc(CSCC(=O)N[C@@H]3CCCC[C@@H]3C)n2)cc1. The summed E-state index contributed by atoms with van der Waals surface area (Å²) in [6, 6.07) is 8.24. The number of hydrogen-bond acceptors (Lipinski definition) is 7.